The Morgan fingerprint density at radius 1 is 1.17 bits per heavy atom. The van der Waals surface area contributed by atoms with E-state index in [9.17, 15) is 5.11 Å². The minimum atomic E-state index is 0.232. The molecule has 3 N–H and O–H groups in total. The summed E-state index contributed by atoms with van der Waals surface area (Å²) in [5.41, 5.74) is 8.83. The molecule has 0 atom stereocenters. The van der Waals surface area contributed by atoms with Crippen LogP contribution in [0.15, 0.2) is 12.1 Å². The lowest BCUT2D eigenvalue weighted by atomic mass is 9.90. The molecule has 1 aromatic carbocycles. The number of hydrogen-bond donors (Lipinski definition) is 2. The minimum absolute atomic E-state index is 0.232. The highest BCUT2D eigenvalue weighted by Gasteiger charge is 2.13. The van der Waals surface area contributed by atoms with Crippen molar-refractivity contribution in [2.75, 3.05) is 5.73 Å². The fourth-order valence-corrected chi connectivity index (χ4v) is 1.84. The molecular weight excluding hydrogens is 150 g/mol. The lowest BCUT2D eigenvalue weighted by Gasteiger charge is -2.17. The standard InChI is InChI=1S/C10H13NO/c11-10-8-4-2-1-3-7(8)5-6-9(10)12/h5-6,12H,1-4,11H2. The number of anilines is 1. The van der Waals surface area contributed by atoms with Gasteiger partial charge in [0.25, 0.3) is 0 Å². The van der Waals surface area contributed by atoms with Crippen LogP contribution in [-0.2, 0) is 12.8 Å². The van der Waals surface area contributed by atoms with E-state index in [1.807, 2.05) is 6.07 Å². The monoisotopic (exact) mass is 163 g/mol. The van der Waals surface area contributed by atoms with Crippen molar-refractivity contribution in [1.82, 2.24) is 0 Å². The maximum absolute atomic E-state index is 9.35. The normalized spacial score (nSPS) is 15.7. The molecule has 0 radical (unpaired) electrons. The van der Waals surface area contributed by atoms with E-state index in [0.717, 1.165) is 12.8 Å². The van der Waals surface area contributed by atoms with Crippen LogP contribution in [0.5, 0.6) is 5.75 Å². The molecule has 1 aliphatic rings. The van der Waals surface area contributed by atoms with Gasteiger partial charge < -0.3 is 10.8 Å². The lowest BCUT2D eigenvalue weighted by molar-refractivity contribution is 0.476. The molecule has 0 aromatic heterocycles. The molecule has 0 aliphatic heterocycles. The van der Waals surface area contributed by atoms with Crippen molar-refractivity contribution in [2.45, 2.75) is 25.7 Å². The van der Waals surface area contributed by atoms with Gasteiger partial charge in [-0.1, -0.05) is 6.07 Å². The fraction of sp³-hybridized carbons (Fsp3) is 0.400. The molecule has 1 aliphatic carbocycles. The van der Waals surface area contributed by atoms with Crippen molar-refractivity contribution in [2.24, 2.45) is 0 Å². The van der Waals surface area contributed by atoms with E-state index in [1.54, 1.807) is 6.07 Å². The zero-order valence-corrected chi connectivity index (χ0v) is 7.01. The molecular formula is C10H13NO. The molecule has 0 heterocycles. The lowest BCUT2D eigenvalue weighted by Crippen LogP contribution is -2.05. The number of nitrogens with two attached hydrogens (primary N) is 1. The number of aryl methyl sites for hydroxylation is 1. The first-order valence-corrected chi connectivity index (χ1v) is 4.38. The first kappa shape index (κ1) is 7.47. The van der Waals surface area contributed by atoms with Crippen LogP contribution in [0.3, 0.4) is 0 Å². The first-order chi connectivity index (χ1) is 5.79. The molecule has 0 saturated carbocycles. The smallest absolute Gasteiger partial charge is 0.138 e. The van der Waals surface area contributed by atoms with Gasteiger partial charge in [-0.3, -0.25) is 0 Å². The molecule has 0 amide bonds. The quantitative estimate of drug-likeness (QED) is 0.453. The van der Waals surface area contributed by atoms with E-state index in [-0.39, 0.29) is 5.75 Å². The number of aromatic hydroxyl groups is 1. The molecule has 0 saturated heterocycles. The van der Waals surface area contributed by atoms with Gasteiger partial charge in [-0.2, -0.15) is 0 Å². The van der Waals surface area contributed by atoms with Crippen molar-refractivity contribution >= 4 is 5.69 Å². The highest BCUT2D eigenvalue weighted by Crippen LogP contribution is 2.32. The third kappa shape index (κ3) is 1.04. The number of fused-ring (bicyclic) bond motifs is 1. The summed E-state index contributed by atoms with van der Waals surface area (Å²) < 4.78 is 0. The second kappa shape index (κ2) is 2.70. The molecule has 2 heteroatoms. The summed E-state index contributed by atoms with van der Waals surface area (Å²) >= 11 is 0. The predicted octanol–water partition coefficient (Wildman–Crippen LogP) is 1.85. The van der Waals surface area contributed by atoms with Crippen LogP contribution >= 0.6 is 0 Å². The average molecular weight is 163 g/mol. The van der Waals surface area contributed by atoms with Crippen LogP contribution in [0.4, 0.5) is 5.69 Å². The molecule has 0 bridgehead atoms. The van der Waals surface area contributed by atoms with Gasteiger partial charge in [-0.25, -0.2) is 0 Å². The number of rotatable bonds is 0. The van der Waals surface area contributed by atoms with E-state index < -0.39 is 0 Å². The molecule has 0 spiro atoms. The van der Waals surface area contributed by atoms with E-state index in [2.05, 4.69) is 0 Å². The van der Waals surface area contributed by atoms with Gasteiger partial charge >= 0.3 is 0 Å². The van der Waals surface area contributed by atoms with Crippen LogP contribution in [0.2, 0.25) is 0 Å². The molecule has 1 aromatic rings. The van der Waals surface area contributed by atoms with Gasteiger partial charge in [0, 0.05) is 0 Å². The second-order valence-corrected chi connectivity index (χ2v) is 3.34. The maximum Gasteiger partial charge on any atom is 0.138 e. The average Bonchev–Trinajstić information content (AvgIpc) is 2.12. The summed E-state index contributed by atoms with van der Waals surface area (Å²) in [4.78, 5) is 0. The Balaban J connectivity index is 2.54. The third-order valence-corrected chi connectivity index (χ3v) is 2.55. The van der Waals surface area contributed by atoms with Gasteiger partial charge in [0.2, 0.25) is 0 Å². The van der Waals surface area contributed by atoms with E-state index >= 15 is 0 Å². The van der Waals surface area contributed by atoms with Gasteiger partial charge in [-0.15, -0.1) is 0 Å². The van der Waals surface area contributed by atoms with Gasteiger partial charge in [0.05, 0.1) is 5.69 Å². The van der Waals surface area contributed by atoms with Crippen molar-refractivity contribution in [3.05, 3.63) is 23.3 Å². The van der Waals surface area contributed by atoms with Crippen molar-refractivity contribution in [1.29, 1.82) is 0 Å². The van der Waals surface area contributed by atoms with Crippen LogP contribution in [0, 0.1) is 0 Å². The van der Waals surface area contributed by atoms with Crippen molar-refractivity contribution in [3.63, 3.8) is 0 Å². The summed E-state index contributed by atoms with van der Waals surface area (Å²) in [6.45, 7) is 0. The van der Waals surface area contributed by atoms with Crippen molar-refractivity contribution in [3.8, 4) is 5.75 Å². The zero-order valence-electron chi connectivity index (χ0n) is 7.01. The van der Waals surface area contributed by atoms with E-state index in [4.69, 9.17) is 5.73 Å². The van der Waals surface area contributed by atoms with Crippen LogP contribution in [0.1, 0.15) is 24.0 Å². The number of phenols is 1. The van der Waals surface area contributed by atoms with Gasteiger partial charge in [0.1, 0.15) is 5.75 Å². The summed E-state index contributed by atoms with van der Waals surface area (Å²) in [6, 6.07) is 3.68. The minimum Gasteiger partial charge on any atom is -0.506 e. The largest absolute Gasteiger partial charge is 0.506 e. The number of phenolic OH excluding ortho intramolecular Hbond substituents is 1. The topological polar surface area (TPSA) is 46.2 Å². The highest BCUT2D eigenvalue weighted by atomic mass is 16.3. The van der Waals surface area contributed by atoms with Crippen LogP contribution < -0.4 is 5.73 Å². The summed E-state index contributed by atoms with van der Waals surface area (Å²) in [5, 5.41) is 9.35. The fourth-order valence-electron chi connectivity index (χ4n) is 1.84. The Kier molecular flexibility index (Phi) is 1.68. The Bertz CT molecular complexity index is 307. The Hall–Kier alpha value is -1.18. The second-order valence-electron chi connectivity index (χ2n) is 3.34. The zero-order chi connectivity index (χ0) is 8.55. The SMILES string of the molecule is Nc1c(O)ccc2c1CCCC2. The molecule has 2 rings (SSSR count). The van der Waals surface area contributed by atoms with Gasteiger partial charge in [0.15, 0.2) is 0 Å². The molecule has 12 heavy (non-hydrogen) atoms. The maximum atomic E-state index is 9.35. The van der Waals surface area contributed by atoms with Crippen molar-refractivity contribution < 1.29 is 5.11 Å². The first-order valence-electron chi connectivity index (χ1n) is 4.38. The summed E-state index contributed by atoms with van der Waals surface area (Å²) in [7, 11) is 0. The molecule has 2 nitrogen and oxygen atoms in total. The van der Waals surface area contributed by atoms with E-state index in [0.29, 0.717) is 5.69 Å². The van der Waals surface area contributed by atoms with Gasteiger partial charge in [-0.05, 0) is 42.9 Å². The molecule has 64 valence electrons. The Morgan fingerprint density at radius 2 is 1.92 bits per heavy atom. The van der Waals surface area contributed by atoms with Crippen LogP contribution in [-0.4, -0.2) is 5.11 Å². The Morgan fingerprint density at radius 3 is 2.75 bits per heavy atom. The molecule has 0 fully saturated rings. The number of nitrogen functional groups attached to an aromatic ring is 1. The summed E-state index contributed by atoms with van der Waals surface area (Å²) in [6.07, 6.45) is 4.58. The highest BCUT2D eigenvalue weighted by molar-refractivity contribution is 5.61. The molecule has 0 unspecified atom stereocenters. The van der Waals surface area contributed by atoms with Crippen LogP contribution in [0.25, 0.3) is 0 Å². The summed E-state index contributed by atoms with van der Waals surface area (Å²) in [5.74, 6) is 0.232. The predicted molar refractivity (Wildman–Crippen MR) is 49.2 cm³/mol. The Labute approximate surface area is 72.0 Å². The number of benzene rings is 1. The third-order valence-electron chi connectivity index (χ3n) is 2.55. The van der Waals surface area contributed by atoms with E-state index in [1.165, 1.54) is 24.0 Å². The number of hydrogen-bond acceptors (Lipinski definition) is 2.